The smallest absolute Gasteiger partial charge is 0.251 e. The van der Waals surface area contributed by atoms with Crippen molar-refractivity contribution in [2.75, 3.05) is 5.73 Å². The minimum absolute atomic E-state index is 0.215. The summed E-state index contributed by atoms with van der Waals surface area (Å²) < 4.78 is 13.5. The van der Waals surface area contributed by atoms with Crippen LogP contribution in [0.25, 0.3) is 0 Å². The zero-order valence-electron chi connectivity index (χ0n) is 10.7. The van der Waals surface area contributed by atoms with E-state index in [1.807, 2.05) is 12.3 Å². The van der Waals surface area contributed by atoms with Crippen LogP contribution in [0, 0.1) is 19.7 Å². The van der Waals surface area contributed by atoms with Gasteiger partial charge in [0.25, 0.3) is 5.91 Å². The Morgan fingerprint density at radius 1 is 1.47 bits per heavy atom. The molecule has 3 N–H and O–H groups in total. The van der Waals surface area contributed by atoms with E-state index in [1.54, 1.807) is 6.92 Å². The second-order valence-electron chi connectivity index (χ2n) is 4.21. The van der Waals surface area contributed by atoms with Crippen LogP contribution in [0.4, 0.5) is 10.1 Å². The number of anilines is 1. The molecule has 1 amide bonds. The maximum absolute atomic E-state index is 13.5. The van der Waals surface area contributed by atoms with E-state index < -0.39 is 5.82 Å². The van der Waals surface area contributed by atoms with Gasteiger partial charge in [-0.2, -0.15) is 0 Å². The van der Waals surface area contributed by atoms with Gasteiger partial charge in [0.05, 0.1) is 17.2 Å². The Morgan fingerprint density at radius 3 is 2.79 bits per heavy atom. The summed E-state index contributed by atoms with van der Waals surface area (Å²) in [5.74, 6) is -0.842. The summed E-state index contributed by atoms with van der Waals surface area (Å²) in [6, 6.07) is 2.66. The molecule has 0 aliphatic heterocycles. The predicted octanol–water partition coefficient (Wildman–Crippen LogP) is 2.41. The van der Waals surface area contributed by atoms with Crippen molar-refractivity contribution in [2.45, 2.75) is 20.4 Å². The van der Waals surface area contributed by atoms with Crippen molar-refractivity contribution in [1.82, 2.24) is 10.3 Å². The molecule has 0 saturated heterocycles. The number of carbonyl (C=O) groups is 1. The Kier molecular flexibility index (Phi) is 3.80. The highest BCUT2D eigenvalue weighted by molar-refractivity contribution is 7.09. The number of hydrogen-bond acceptors (Lipinski definition) is 4. The fraction of sp³-hybridized carbons (Fsp3) is 0.231. The van der Waals surface area contributed by atoms with Gasteiger partial charge in [0.1, 0.15) is 5.82 Å². The Balaban J connectivity index is 2.08. The third-order valence-corrected chi connectivity index (χ3v) is 3.57. The van der Waals surface area contributed by atoms with Gasteiger partial charge in [-0.3, -0.25) is 4.79 Å². The van der Waals surface area contributed by atoms with Gasteiger partial charge >= 0.3 is 0 Å². The summed E-state index contributed by atoms with van der Waals surface area (Å²) in [7, 11) is 0. The molecule has 19 heavy (non-hydrogen) atoms. The second-order valence-corrected chi connectivity index (χ2v) is 5.28. The molecule has 0 radical (unpaired) electrons. The molecular weight excluding hydrogens is 265 g/mol. The van der Waals surface area contributed by atoms with E-state index in [-0.39, 0.29) is 17.2 Å². The molecule has 1 aromatic heterocycles. The van der Waals surface area contributed by atoms with E-state index in [1.165, 1.54) is 23.5 Å². The fourth-order valence-electron chi connectivity index (χ4n) is 1.59. The first kappa shape index (κ1) is 13.5. The number of nitrogens with two attached hydrogens (primary N) is 1. The monoisotopic (exact) mass is 279 g/mol. The molecule has 2 rings (SSSR count). The van der Waals surface area contributed by atoms with Gasteiger partial charge in [-0.05, 0) is 26.0 Å². The number of thiazole rings is 1. The molecule has 0 bridgehead atoms. The molecule has 0 spiro atoms. The second kappa shape index (κ2) is 5.36. The lowest BCUT2D eigenvalue weighted by atomic mass is 10.1. The maximum atomic E-state index is 13.5. The number of nitrogens with one attached hydrogen (secondary N) is 1. The molecule has 2 aromatic rings. The van der Waals surface area contributed by atoms with Crippen LogP contribution in [0.15, 0.2) is 17.5 Å². The number of nitrogen functional groups attached to an aromatic ring is 1. The van der Waals surface area contributed by atoms with E-state index >= 15 is 0 Å². The van der Waals surface area contributed by atoms with Crippen molar-refractivity contribution < 1.29 is 9.18 Å². The summed E-state index contributed by atoms with van der Waals surface area (Å²) in [5.41, 5.74) is 7.27. The molecule has 100 valence electrons. The van der Waals surface area contributed by atoms with Crippen molar-refractivity contribution in [1.29, 1.82) is 0 Å². The molecule has 6 heteroatoms. The molecule has 1 aromatic carbocycles. The van der Waals surface area contributed by atoms with Crippen LogP contribution in [0.3, 0.4) is 0 Å². The zero-order chi connectivity index (χ0) is 14.0. The third-order valence-electron chi connectivity index (χ3n) is 2.74. The van der Waals surface area contributed by atoms with Gasteiger partial charge in [0.2, 0.25) is 0 Å². The Labute approximate surface area is 114 Å². The van der Waals surface area contributed by atoms with Crippen LogP contribution in [0.1, 0.15) is 26.6 Å². The van der Waals surface area contributed by atoms with Crippen molar-refractivity contribution >= 4 is 22.9 Å². The van der Waals surface area contributed by atoms with Crippen LogP contribution in [-0.4, -0.2) is 10.9 Å². The zero-order valence-corrected chi connectivity index (χ0v) is 11.5. The normalized spacial score (nSPS) is 10.5. The van der Waals surface area contributed by atoms with Gasteiger partial charge in [0.15, 0.2) is 0 Å². The first-order chi connectivity index (χ1) is 8.97. The Hall–Kier alpha value is -1.95. The third kappa shape index (κ3) is 3.08. The van der Waals surface area contributed by atoms with Crippen LogP contribution >= 0.6 is 11.3 Å². The number of amides is 1. The topological polar surface area (TPSA) is 68.0 Å². The highest BCUT2D eigenvalue weighted by Gasteiger charge is 2.11. The lowest BCUT2D eigenvalue weighted by Gasteiger charge is -2.07. The van der Waals surface area contributed by atoms with Crippen molar-refractivity contribution in [3.05, 3.63) is 45.2 Å². The summed E-state index contributed by atoms with van der Waals surface area (Å²) in [6.07, 6.45) is 0. The van der Waals surface area contributed by atoms with Crippen molar-refractivity contribution in [3.63, 3.8) is 0 Å². The summed E-state index contributed by atoms with van der Waals surface area (Å²) in [5, 5.41) is 5.50. The van der Waals surface area contributed by atoms with Crippen molar-refractivity contribution in [3.8, 4) is 0 Å². The highest BCUT2D eigenvalue weighted by atomic mass is 32.1. The molecule has 1 heterocycles. The number of halogens is 1. The number of nitrogens with zero attached hydrogens (tertiary/aromatic N) is 1. The van der Waals surface area contributed by atoms with Crippen LogP contribution in [0.2, 0.25) is 0 Å². The predicted molar refractivity (Wildman–Crippen MR) is 73.6 cm³/mol. The van der Waals surface area contributed by atoms with E-state index in [0.29, 0.717) is 12.1 Å². The van der Waals surface area contributed by atoms with Crippen LogP contribution < -0.4 is 11.1 Å². The number of carbonyl (C=O) groups excluding carboxylic acids is 1. The minimum atomic E-state index is -0.477. The first-order valence-electron chi connectivity index (χ1n) is 5.72. The number of aromatic nitrogens is 1. The molecular formula is C13H14FN3OS. The number of rotatable bonds is 3. The van der Waals surface area contributed by atoms with Gasteiger partial charge < -0.3 is 11.1 Å². The minimum Gasteiger partial charge on any atom is -0.398 e. The molecule has 0 unspecified atom stereocenters. The summed E-state index contributed by atoms with van der Waals surface area (Å²) in [6.45, 7) is 3.79. The van der Waals surface area contributed by atoms with Gasteiger partial charge in [-0.15, -0.1) is 11.3 Å². The van der Waals surface area contributed by atoms with Crippen molar-refractivity contribution in [2.24, 2.45) is 0 Å². The molecule has 0 saturated carbocycles. The highest BCUT2D eigenvalue weighted by Crippen LogP contribution is 2.17. The number of aryl methyl sites for hydroxylation is 1. The average Bonchev–Trinajstić information content (AvgIpc) is 2.78. The fourth-order valence-corrected chi connectivity index (χ4v) is 2.21. The standard InChI is InChI=1S/C13H14FN3OS/c1-7-11(14)3-9(4-12(7)15)13(18)16-5-10-6-19-8(2)17-10/h3-4,6H,5,15H2,1-2H3,(H,16,18). The van der Waals surface area contributed by atoms with Gasteiger partial charge in [0, 0.05) is 22.2 Å². The largest absolute Gasteiger partial charge is 0.398 e. The number of benzene rings is 1. The number of hydrogen-bond donors (Lipinski definition) is 2. The Bertz CT molecular complexity index is 601. The van der Waals surface area contributed by atoms with Crippen LogP contribution in [0.5, 0.6) is 0 Å². The molecule has 0 aliphatic carbocycles. The lowest BCUT2D eigenvalue weighted by molar-refractivity contribution is 0.0950. The SMILES string of the molecule is Cc1nc(CNC(=O)c2cc(N)c(C)c(F)c2)cs1. The first-order valence-corrected chi connectivity index (χ1v) is 6.60. The van der Waals surface area contributed by atoms with E-state index in [9.17, 15) is 9.18 Å². The molecule has 0 atom stereocenters. The van der Waals surface area contributed by atoms with Gasteiger partial charge in [-0.25, -0.2) is 9.37 Å². The Morgan fingerprint density at radius 2 is 2.21 bits per heavy atom. The average molecular weight is 279 g/mol. The molecule has 0 aliphatic rings. The summed E-state index contributed by atoms with van der Waals surface area (Å²) >= 11 is 1.52. The lowest BCUT2D eigenvalue weighted by Crippen LogP contribution is -2.23. The van der Waals surface area contributed by atoms with E-state index in [4.69, 9.17) is 5.73 Å². The molecule has 4 nitrogen and oxygen atoms in total. The summed E-state index contributed by atoms with van der Waals surface area (Å²) in [4.78, 5) is 16.1. The van der Waals surface area contributed by atoms with E-state index in [0.717, 1.165) is 10.7 Å². The molecule has 0 fully saturated rings. The van der Waals surface area contributed by atoms with Gasteiger partial charge in [-0.1, -0.05) is 0 Å². The quantitative estimate of drug-likeness (QED) is 0.848. The van der Waals surface area contributed by atoms with Crippen LogP contribution in [-0.2, 0) is 6.54 Å². The van der Waals surface area contributed by atoms with E-state index in [2.05, 4.69) is 10.3 Å². The maximum Gasteiger partial charge on any atom is 0.251 e.